The zero-order valence-corrected chi connectivity index (χ0v) is 14.3. The van der Waals surface area contributed by atoms with Crippen LogP contribution in [0, 0.1) is 0 Å². The Labute approximate surface area is 154 Å². The van der Waals surface area contributed by atoms with Crippen LogP contribution in [0.25, 0.3) is 0 Å². The Bertz CT molecular complexity index is 974. The fourth-order valence-corrected chi connectivity index (χ4v) is 2.47. The minimum atomic E-state index is -4.81. The van der Waals surface area contributed by atoms with E-state index in [9.17, 15) is 26.7 Å². The monoisotopic (exact) mass is 400 g/mol. The Morgan fingerprint density at radius 1 is 1.21 bits per heavy atom. The molecule has 0 aliphatic rings. The fourth-order valence-electron chi connectivity index (χ4n) is 2.47. The Hall–Kier alpha value is -3.24. The molecule has 3 aromatic rings. The molecule has 0 atom stereocenters. The molecule has 1 N–H and O–H groups in total. The van der Waals surface area contributed by atoms with Crippen LogP contribution in [-0.4, -0.2) is 20.8 Å². The molecule has 0 aliphatic carbocycles. The molecule has 0 spiro atoms. The first-order valence-corrected chi connectivity index (χ1v) is 7.86. The van der Waals surface area contributed by atoms with Crippen molar-refractivity contribution in [3.63, 3.8) is 0 Å². The number of halogens is 5. The summed E-state index contributed by atoms with van der Waals surface area (Å²) >= 11 is 0. The second-order valence-electron chi connectivity index (χ2n) is 6.02. The number of anilines is 1. The number of hydrogen-bond acceptors (Lipinski definition) is 4. The number of nitrogens with one attached hydrogen (secondary N) is 1. The first-order valence-electron chi connectivity index (χ1n) is 7.86. The predicted molar refractivity (Wildman–Crippen MR) is 86.8 cm³/mol. The molecule has 2 aromatic heterocycles. The molecule has 1 amide bonds. The lowest BCUT2D eigenvalue weighted by Gasteiger charge is -2.17. The van der Waals surface area contributed by atoms with E-state index in [-0.39, 0.29) is 23.5 Å². The number of carbonyl (C=O) groups excluding carboxylic acids is 1. The average molecular weight is 400 g/mol. The summed E-state index contributed by atoms with van der Waals surface area (Å²) in [5.74, 6) is -3.98. The molecule has 2 heterocycles. The van der Waals surface area contributed by atoms with E-state index in [2.05, 4.69) is 20.1 Å². The van der Waals surface area contributed by atoms with Crippen molar-refractivity contribution in [2.45, 2.75) is 25.6 Å². The zero-order chi connectivity index (χ0) is 20.5. The standard InChI is InChI=1S/C17H13F5N4O2/c1-16(18,19)11-3-2-10(13(6-11)17(20,21)22)8-26-9-12(7-23-26)24-15(27)14-4-5-28-25-14/h2-7,9H,8H2,1H3,(H,24,27). The van der Waals surface area contributed by atoms with E-state index in [4.69, 9.17) is 0 Å². The molecule has 148 valence electrons. The van der Waals surface area contributed by atoms with Crippen LogP contribution in [0.2, 0.25) is 0 Å². The van der Waals surface area contributed by atoms with Crippen LogP contribution in [0.5, 0.6) is 0 Å². The molecule has 0 saturated heterocycles. The van der Waals surface area contributed by atoms with Crippen LogP contribution in [0.15, 0.2) is 47.4 Å². The molecule has 0 aliphatic heterocycles. The topological polar surface area (TPSA) is 73.0 Å². The molecule has 11 heteroatoms. The Morgan fingerprint density at radius 3 is 2.57 bits per heavy atom. The summed E-state index contributed by atoms with van der Waals surface area (Å²) in [5, 5.41) is 9.79. The quantitative estimate of drug-likeness (QED) is 0.648. The van der Waals surface area contributed by atoms with E-state index in [0.29, 0.717) is 13.0 Å². The normalized spacial score (nSPS) is 12.2. The van der Waals surface area contributed by atoms with Gasteiger partial charge in [-0.25, -0.2) is 8.78 Å². The average Bonchev–Trinajstić information content (AvgIpc) is 3.25. The summed E-state index contributed by atoms with van der Waals surface area (Å²) in [4.78, 5) is 11.9. The van der Waals surface area contributed by atoms with Gasteiger partial charge in [-0.2, -0.15) is 18.3 Å². The molecule has 0 fully saturated rings. The summed E-state index contributed by atoms with van der Waals surface area (Å²) < 4.78 is 72.4. The van der Waals surface area contributed by atoms with Gasteiger partial charge in [-0.05, 0) is 11.6 Å². The van der Waals surface area contributed by atoms with Gasteiger partial charge in [-0.15, -0.1) is 0 Å². The van der Waals surface area contributed by atoms with E-state index < -0.39 is 29.1 Å². The van der Waals surface area contributed by atoms with Gasteiger partial charge in [0.25, 0.3) is 11.8 Å². The van der Waals surface area contributed by atoms with Gasteiger partial charge in [-0.3, -0.25) is 9.48 Å². The molecule has 0 radical (unpaired) electrons. The van der Waals surface area contributed by atoms with Crippen LogP contribution < -0.4 is 5.32 Å². The van der Waals surface area contributed by atoms with Gasteiger partial charge in [0.05, 0.1) is 24.0 Å². The van der Waals surface area contributed by atoms with E-state index in [0.717, 1.165) is 16.8 Å². The first-order chi connectivity index (χ1) is 13.0. The van der Waals surface area contributed by atoms with Crippen molar-refractivity contribution in [2.24, 2.45) is 0 Å². The van der Waals surface area contributed by atoms with Gasteiger partial charge in [0.1, 0.15) is 6.26 Å². The van der Waals surface area contributed by atoms with Crippen molar-refractivity contribution >= 4 is 11.6 Å². The highest BCUT2D eigenvalue weighted by atomic mass is 19.4. The van der Waals surface area contributed by atoms with Crippen LogP contribution in [-0.2, 0) is 18.6 Å². The second-order valence-corrected chi connectivity index (χ2v) is 6.02. The van der Waals surface area contributed by atoms with Gasteiger partial charge < -0.3 is 9.84 Å². The second kappa shape index (κ2) is 7.06. The maximum Gasteiger partial charge on any atom is 0.416 e. The van der Waals surface area contributed by atoms with Crippen LogP contribution in [0.4, 0.5) is 27.6 Å². The molecule has 0 saturated carbocycles. The number of nitrogens with zero attached hydrogens (tertiary/aromatic N) is 3. The molecular weight excluding hydrogens is 387 g/mol. The maximum atomic E-state index is 13.4. The number of rotatable bonds is 5. The number of aromatic nitrogens is 3. The summed E-state index contributed by atoms with van der Waals surface area (Å²) in [5.41, 5.74) is -1.90. The Balaban J connectivity index is 1.82. The minimum Gasteiger partial charge on any atom is -0.364 e. The number of alkyl halides is 5. The Kier molecular flexibility index (Phi) is 4.92. The highest BCUT2D eigenvalue weighted by Gasteiger charge is 2.36. The summed E-state index contributed by atoms with van der Waals surface area (Å²) in [6.07, 6.45) is -1.06. The Morgan fingerprint density at radius 2 is 1.96 bits per heavy atom. The molecule has 6 nitrogen and oxygen atoms in total. The molecule has 28 heavy (non-hydrogen) atoms. The van der Waals surface area contributed by atoms with E-state index >= 15 is 0 Å². The third kappa shape index (κ3) is 4.35. The number of carbonyl (C=O) groups is 1. The summed E-state index contributed by atoms with van der Waals surface area (Å²) in [6, 6.07) is 3.71. The molecule has 1 aromatic carbocycles. The van der Waals surface area contributed by atoms with E-state index in [1.54, 1.807) is 0 Å². The highest BCUT2D eigenvalue weighted by Crippen LogP contribution is 2.36. The first kappa shape index (κ1) is 19.5. The lowest BCUT2D eigenvalue weighted by molar-refractivity contribution is -0.138. The van der Waals surface area contributed by atoms with Crippen LogP contribution in [0.1, 0.15) is 34.1 Å². The number of benzene rings is 1. The predicted octanol–water partition coefficient (Wildman–Crippen LogP) is 4.30. The van der Waals surface area contributed by atoms with Gasteiger partial charge in [0, 0.05) is 24.8 Å². The zero-order valence-electron chi connectivity index (χ0n) is 14.3. The van der Waals surface area contributed by atoms with Gasteiger partial charge in [0.15, 0.2) is 5.69 Å². The smallest absolute Gasteiger partial charge is 0.364 e. The van der Waals surface area contributed by atoms with Crippen molar-refractivity contribution < 1.29 is 31.3 Å². The molecule has 0 bridgehead atoms. The summed E-state index contributed by atoms with van der Waals surface area (Å²) in [6.45, 7) is 0.198. The molecular formula is C17H13F5N4O2. The van der Waals surface area contributed by atoms with Crippen molar-refractivity contribution in [3.05, 3.63) is 65.3 Å². The van der Waals surface area contributed by atoms with Crippen LogP contribution >= 0.6 is 0 Å². The third-order valence-corrected chi connectivity index (χ3v) is 3.82. The molecule has 0 unspecified atom stereocenters. The third-order valence-electron chi connectivity index (χ3n) is 3.82. The lowest BCUT2D eigenvalue weighted by Crippen LogP contribution is -2.15. The SMILES string of the molecule is CC(F)(F)c1ccc(Cn2cc(NC(=O)c3ccon3)cn2)c(C(F)(F)F)c1. The van der Waals surface area contributed by atoms with Crippen LogP contribution in [0.3, 0.4) is 0 Å². The van der Waals surface area contributed by atoms with Gasteiger partial charge in [0.2, 0.25) is 0 Å². The van der Waals surface area contributed by atoms with Crippen molar-refractivity contribution in [2.75, 3.05) is 5.32 Å². The van der Waals surface area contributed by atoms with Gasteiger partial charge >= 0.3 is 6.18 Å². The lowest BCUT2D eigenvalue weighted by atomic mass is 10.0. The number of hydrogen-bond donors (Lipinski definition) is 1. The van der Waals surface area contributed by atoms with Crippen molar-refractivity contribution in [1.29, 1.82) is 0 Å². The maximum absolute atomic E-state index is 13.4. The van der Waals surface area contributed by atoms with E-state index in [1.165, 1.54) is 24.7 Å². The highest BCUT2D eigenvalue weighted by molar-refractivity contribution is 6.02. The summed E-state index contributed by atoms with van der Waals surface area (Å²) in [7, 11) is 0. The minimum absolute atomic E-state index is 0.0168. The van der Waals surface area contributed by atoms with Crippen molar-refractivity contribution in [3.8, 4) is 0 Å². The molecule has 3 rings (SSSR count). The fraction of sp³-hybridized carbons (Fsp3) is 0.235. The largest absolute Gasteiger partial charge is 0.416 e. The van der Waals surface area contributed by atoms with Crippen molar-refractivity contribution in [1.82, 2.24) is 14.9 Å². The van der Waals surface area contributed by atoms with Gasteiger partial charge in [-0.1, -0.05) is 17.3 Å². The number of amides is 1. The van der Waals surface area contributed by atoms with E-state index in [1.807, 2.05) is 0 Å².